The third kappa shape index (κ3) is 2.51. The first-order valence-corrected chi connectivity index (χ1v) is 6.27. The molecule has 1 aromatic rings. The second-order valence-corrected chi connectivity index (χ2v) is 4.24. The van der Waals surface area contributed by atoms with E-state index in [9.17, 15) is 4.39 Å². The van der Waals surface area contributed by atoms with Crippen LogP contribution in [0.25, 0.3) is 11.9 Å². The topological polar surface area (TPSA) is 4.93 Å². The van der Waals surface area contributed by atoms with Gasteiger partial charge in [-0.1, -0.05) is 26.5 Å². The molecule has 0 radical (unpaired) electrons. The number of nitrogens with zero attached hydrogens (tertiary/aromatic N) is 1. The summed E-state index contributed by atoms with van der Waals surface area (Å²) in [5, 5.41) is 0. The molecule has 0 N–H and O–H groups in total. The van der Waals surface area contributed by atoms with Gasteiger partial charge in [-0.2, -0.15) is 0 Å². The quantitative estimate of drug-likeness (QED) is 0.694. The Labute approximate surface area is 104 Å². The molecule has 0 saturated heterocycles. The van der Waals surface area contributed by atoms with Crippen molar-refractivity contribution in [1.29, 1.82) is 0 Å². The highest BCUT2D eigenvalue weighted by Crippen LogP contribution is 2.30. The highest BCUT2D eigenvalue weighted by atomic mass is 19.1. The van der Waals surface area contributed by atoms with E-state index >= 15 is 0 Å². The molecule has 1 nitrogen and oxygen atoms in total. The van der Waals surface area contributed by atoms with Crippen LogP contribution < -0.4 is 0 Å². The standard InChI is InChI=1S/C15H22FN/c1-6-9-14-15(12(5)16)11(4)13(8-3)17(14)10-7-2/h6,9H,5,7-8,10H2,1-4H3/b9-6-. The van der Waals surface area contributed by atoms with Gasteiger partial charge in [0.05, 0.1) is 5.69 Å². The summed E-state index contributed by atoms with van der Waals surface area (Å²) in [6, 6.07) is 0. The lowest BCUT2D eigenvalue weighted by Gasteiger charge is -2.09. The molecule has 0 aromatic carbocycles. The van der Waals surface area contributed by atoms with E-state index in [0.29, 0.717) is 5.56 Å². The zero-order valence-corrected chi connectivity index (χ0v) is 11.3. The van der Waals surface area contributed by atoms with Crippen LogP contribution in [0, 0.1) is 6.92 Å². The van der Waals surface area contributed by atoms with E-state index in [1.165, 1.54) is 5.69 Å². The third-order valence-corrected chi connectivity index (χ3v) is 3.06. The van der Waals surface area contributed by atoms with Gasteiger partial charge in [-0.05, 0) is 38.3 Å². The van der Waals surface area contributed by atoms with E-state index in [-0.39, 0.29) is 5.83 Å². The molecule has 2 heteroatoms. The molecule has 1 rings (SSSR count). The van der Waals surface area contributed by atoms with Crippen molar-refractivity contribution < 1.29 is 4.39 Å². The van der Waals surface area contributed by atoms with Crippen LogP contribution in [0.2, 0.25) is 0 Å². The lowest BCUT2D eigenvalue weighted by molar-refractivity contribution is 0.645. The van der Waals surface area contributed by atoms with E-state index in [2.05, 4.69) is 25.0 Å². The number of rotatable bonds is 5. The van der Waals surface area contributed by atoms with Gasteiger partial charge in [0.1, 0.15) is 5.83 Å². The minimum absolute atomic E-state index is 0.333. The molecule has 94 valence electrons. The van der Waals surface area contributed by atoms with Gasteiger partial charge in [0.2, 0.25) is 0 Å². The maximum Gasteiger partial charge on any atom is 0.125 e. The smallest absolute Gasteiger partial charge is 0.125 e. The summed E-state index contributed by atoms with van der Waals surface area (Å²) in [5.74, 6) is -0.333. The molecule has 0 aliphatic heterocycles. The highest BCUT2D eigenvalue weighted by Gasteiger charge is 2.18. The Morgan fingerprint density at radius 1 is 1.41 bits per heavy atom. The zero-order valence-electron chi connectivity index (χ0n) is 11.3. The number of halogens is 1. The van der Waals surface area contributed by atoms with Gasteiger partial charge < -0.3 is 4.57 Å². The molecule has 0 atom stereocenters. The summed E-state index contributed by atoms with van der Waals surface area (Å²) >= 11 is 0. The van der Waals surface area contributed by atoms with Crippen molar-refractivity contribution in [2.24, 2.45) is 0 Å². The monoisotopic (exact) mass is 235 g/mol. The predicted octanol–water partition coefficient (Wildman–Crippen LogP) is 4.74. The van der Waals surface area contributed by atoms with Gasteiger partial charge in [-0.3, -0.25) is 0 Å². The van der Waals surface area contributed by atoms with Gasteiger partial charge in [-0.25, -0.2) is 4.39 Å². The molecule has 0 unspecified atom stereocenters. The molecular weight excluding hydrogens is 213 g/mol. The Morgan fingerprint density at radius 3 is 2.47 bits per heavy atom. The van der Waals surface area contributed by atoms with Gasteiger partial charge in [0.15, 0.2) is 0 Å². The fraction of sp³-hybridized carbons (Fsp3) is 0.467. The Kier molecular flexibility index (Phi) is 4.73. The largest absolute Gasteiger partial charge is 0.344 e. The maximum atomic E-state index is 13.6. The summed E-state index contributed by atoms with van der Waals surface area (Å²) in [7, 11) is 0. The minimum Gasteiger partial charge on any atom is -0.344 e. The number of aromatic nitrogens is 1. The lowest BCUT2D eigenvalue weighted by atomic mass is 10.1. The summed E-state index contributed by atoms with van der Waals surface area (Å²) in [6.45, 7) is 12.6. The van der Waals surface area contributed by atoms with Gasteiger partial charge >= 0.3 is 0 Å². The van der Waals surface area contributed by atoms with Crippen molar-refractivity contribution >= 4 is 11.9 Å². The molecule has 0 spiro atoms. The predicted molar refractivity (Wildman–Crippen MR) is 73.7 cm³/mol. The van der Waals surface area contributed by atoms with Crippen molar-refractivity contribution in [3.8, 4) is 0 Å². The van der Waals surface area contributed by atoms with Gasteiger partial charge in [0, 0.05) is 17.8 Å². The van der Waals surface area contributed by atoms with Crippen molar-refractivity contribution in [3.63, 3.8) is 0 Å². The minimum atomic E-state index is -0.333. The fourth-order valence-corrected chi connectivity index (χ4v) is 2.43. The van der Waals surface area contributed by atoms with Crippen LogP contribution in [0.5, 0.6) is 0 Å². The second-order valence-electron chi connectivity index (χ2n) is 4.24. The van der Waals surface area contributed by atoms with Crippen molar-refractivity contribution in [1.82, 2.24) is 4.57 Å². The summed E-state index contributed by atoms with van der Waals surface area (Å²) in [5.41, 5.74) is 3.87. The summed E-state index contributed by atoms with van der Waals surface area (Å²) < 4.78 is 15.8. The van der Waals surface area contributed by atoms with Crippen LogP contribution in [0.15, 0.2) is 12.7 Å². The zero-order chi connectivity index (χ0) is 13.0. The molecule has 17 heavy (non-hydrogen) atoms. The van der Waals surface area contributed by atoms with Crippen LogP contribution in [0.4, 0.5) is 4.39 Å². The second kappa shape index (κ2) is 5.85. The first kappa shape index (κ1) is 13.8. The van der Waals surface area contributed by atoms with E-state index in [1.807, 2.05) is 26.0 Å². The molecule has 0 fully saturated rings. The molecule has 0 bridgehead atoms. The first-order valence-electron chi connectivity index (χ1n) is 6.27. The first-order chi connectivity index (χ1) is 8.08. The average molecular weight is 235 g/mol. The molecule has 1 aromatic heterocycles. The average Bonchev–Trinajstić information content (AvgIpc) is 2.52. The van der Waals surface area contributed by atoms with Crippen LogP contribution in [-0.2, 0) is 13.0 Å². The Morgan fingerprint density at radius 2 is 2.06 bits per heavy atom. The number of hydrogen-bond donors (Lipinski definition) is 0. The number of hydrogen-bond acceptors (Lipinski definition) is 0. The molecule has 0 aliphatic rings. The van der Waals surface area contributed by atoms with Crippen LogP contribution in [-0.4, -0.2) is 4.57 Å². The van der Waals surface area contributed by atoms with Crippen molar-refractivity contribution in [2.75, 3.05) is 0 Å². The Hall–Kier alpha value is -1.31. The molecule has 1 heterocycles. The van der Waals surface area contributed by atoms with Crippen molar-refractivity contribution in [3.05, 3.63) is 35.2 Å². The molecule has 0 amide bonds. The lowest BCUT2D eigenvalue weighted by Crippen LogP contribution is -2.04. The Bertz CT molecular complexity index is 438. The van der Waals surface area contributed by atoms with Crippen molar-refractivity contribution in [2.45, 2.75) is 47.1 Å². The van der Waals surface area contributed by atoms with E-state index in [4.69, 9.17) is 0 Å². The summed E-state index contributed by atoms with van der Waals surface area (Å²) in [6.07, 6.45) is 5.89. The SMILES string of the molecule is C=C(F)c1c(C)c(CC)n(CCC)c1/C=C\C. The van der Waals surface area contributed by atoms with E-state index in [1.54, 1.807) is 0 Å². The fourth-order valence-electron chi connectivity index (χ4n) is 2.43. The number of allylic oxidation sites excluding steroid dienone is 1. The molecular formula is C15H22FN. The van der Waals surface area contributed by atoms with E-state index in [0.717, 1.165) is 30.6 Å². The van der Waals surface area contributed by atoms with Gasteiger partial charge in [-0.15, -0.1) is 0 Å². The highest BCUT2D eigenvalue weighted by molar-refractivity contribution is 5.72. The van der Waals surface area contributed by atoms with Gasteiger partial charge in [0.25, 0.3) is 0 Å². The normalized spacial score (nSPS) is 11.4. The van der Waals surface area contributed by atoms with Crippen LogP contribution >= 0.6 is 0 Å². The summed E-state index contributed by atoms with van der Waals surface area (Å²) in [4.78, 5) is 0. The molecule has 0 aliphatic carbocycles. The maximum absolute atomic E-state index is 13.6. The molecule has 0 saturated carbocycles. The Balaban J connectivity index is 3.53. The van der Waals surface area contributed by atoms with Crippen LogP contribution in [0.1, 0.15) is 49.7 Å². The third-order valence-electron chi connectivity index (χ3n) is 3.06. The van der Waals surface area contributed by atoms with E-state index < -0.39 is 0 Å². The van der Waals surface area contributed by atoms with Crippen LogP contribution in [0.3, 0.4) is 0 Å².